The lowest BCUT2D eigenvalue weighted by Gasteiger charge is -2.19. The van der Waals surface area contributed by atoms with E-state index in [4.69, 9.17) is 0 Å². The molecular weight excluding hydrogens is 440 g/mol. The lowest BCUT2D eigenvalue weighted by Crippen LogP contribution is -2.21. The van der Waals surface area contributed by atoms with Gasteiger partial charge in [0.05, 0.1) is 18.2 Å². The molecule has 0 radical (unpaired) electrons. The van der Waals surface area contributed by atoms with Crippen molar-refractivity contribution in [2.45, 2.75) is 25.7 Å². The van der Waals surface area contributed by atoms with Crippen LogP contribution >= 0.6 is 0 Å². The van der Waals surface area contributed by atoms with Gasteiger partial charge in [0.25, 0.3) is 11.8 Å². The quantitative estimate of drug-likeness (QED) is 0.495. The third-order valence-electron chi connectivity index (χ3n) is 5.47. The molecule has 0 saturated heterocycles. The average molecular weight is 458 g/mol. The van der Waals surface area contributed by atoms with Crippen molar-refractivity contribution in [3.63, 3.8) is 0 Å². The van der Waals surface area contributed by atoms with E-state index in [0.717, 1.165) is 11.1 Å². The molecule has 170 valence electrons. The van der Waals surface area contributed by atoms with Crippen LogP contribution in [0.3, 0.4) is 0 Å². The van der Waals surface area contributed by atoms with E-state index in [0.29, 0.717) is 29.3 Å². The molecule has 1 atom stereocenters. The number of fused-ring (bicyclic) bond motifs is 1. The van der Waals surface area contributed by atoms with Crippen LogP contribution in [-0.2, 0) is 12.8 Å². The number of benzene rings is 3. The van der Waals surface area contributed by atoms with Crippen LogP contribution in [0.5, 0.6) is 0 Å². The van der Waals surface area contributed by atoms with Crippen LogP contribution in [-0.4, -0.2) is 16.9 Å². The van der Waals surface area contributed by atoms with Gasteiger partial charge in [0.15, 0.2) is 0 Å². The second-order valence-corrected chi connectivity index (χ2v) is 7.71. The van der Waals surface area contributed by atoms with Gasteiger partial charge in [0, 0.05) is 22.4 Å². The van der Waals surface area contributed by atoms with Gasteiger partial charge in [-0.2, -0.15) is 13.2 Å². The van der Waals surface area contributed by atoms with Crippen LogP contribution in [0.15, 0.2) is 54.6 Å². The molecule has 1 heterocycles. The first-order chi connectivity index (χ1) is 15.6. The van der Waals surface area contributed by atoms with Gasteiger partial charge in [-0.1, -0.05) is 24.3 Å². The Morgan fingerprint density at radius 3 is 2.52 bits per heavy atom. The maximum Gasteiger partial charge on any atom is 0.416 e. The van der Waals surface area contributed by atoms with Crippen molar-refractivity contribution in [2.75, 3.05) is 5.32 Å². The molecule has 0 aliphatic carbocycles. The molecule has 1 unspecified atom stereocenters. The van der Waals surface area contributed by atoms with Gasteiger partial charge in [-0.15, -0.1) is 0 Å². The van der Waals surface area contributed by atoms with Gasteiger partial charge in [-0.3, -0.25) is 9.59 Å². The molecule has 3 N–H and O–H groups in total. The Kier molecular flexibility index (Phi) is 5.67. The molecule has 2 amide bonds. The zero-order chi connectivity index (χ0) is 23.9. The Hall–Kier alpha value is -3.72. The molecule has 33 heavy (non-hydrogen) atoms. The van der Waals surface area contributed by atoms with Crippen molar-refractivity contribution in [2.24, 2.45) is 0 Å². The number of hydrogen-bond donors (Lipinski definition) is 3. The highest BCUT2D eigenvalue weighted by Gasteiger charge is 2.35. The van der Waals surface area contributed by atoms with E-state index in [1.165, 1.54) is 12.1 Å². The van der Waals surface area contributed by atoms with E-state index in [1.54, 1.807) is 6.07 Å². The predicted octanol–water partition coefficient (Wildman–Crippen LogP) is 4.73. The average Bonchev–Trinajstić information content (AvgIpc) is 3.09. The standard InChI is InChI=1S/C24H18F4N2O3/c1-12-4-2-3-5-17(12)21-20-18(23(33)30-21)6-13(11-31)7-19(20)29-22(32)14-8-15(24(26,27)28)10-16(25)9-14/h2-10,21,31H,11H2,1H3,(H,29,32)(H,30,33). The molecule has 4 rings (SSSR count). The summed E-state index contributed by atoms with van der Waals surface area (Å²) in [6, 6.07) is 11.1. The van der Waals surface area contributed by atoms with Gasteiger partial charge < -0.3 is 15.7 Å². The SMILES string of the molecule is Cc1ccccc1C1NC(=O)c2cc(CO)cc(NC(=O)c3cc(F)cc(C(F)(F)F)c3)c21. The Labute approximate surface area is 186 Å². The van der Waals surface area contributed by atoms with E-state index >= 15 is 0 Å². The van der Waals surface area contributed by atoms with E-state index in [1.807, 2.05) is 25.1 Å². The summed E-state index contributed by atoms with van der Waals surface area (Å²) in [6.07, 6.45) is -4.83. The number of halogens is 4. The molecule has 1 aliphatic rings. The number of aliphatic hydroxyl groups is 1. The van der Waals surface area contributed by atoms with E-state index < -0.39 is 47.6 Å². The van der Waals surface area contributed by atoms with Crippen molar-refractivity contribution < 1.29 is 32.3 Å². The van der Waals surface area contributed by atoms with Crippen molar-refractivity contribution in [1.29, 1.82) is 0 Å². The summed E-state index contributed by atoms with van der Waals surface area (Å²) in [7, 11) is 0. The second kappa shape index (κ2) is 8.32. The smallest absolute Gasteiger partial charge is 0.392 e. The molecule has 9 heteroatoms. The molecular formula is C24H18F4N2O3. The van der Waals surface area contributed by atoms with E-state index in [2.05, 4.69) is 10.6 Å². The monoisotopic (exact) mass is 458 g/mol. The fourth-order valence-corrected chi connectivity index (χ4v) is 3.91. The van der Waals surface area contributed by atoms with Crippen LogP contribution in [0, 0.1) is 12.7 Å². The summed E-state index contributed by atoms with van der Waals surface area (Å²) in [5.74, 6) is -2.62. The molecule has 3 aromatic rings. The number of nitrogens with one attached hydrogen (secondary N) is 2. The minimum absolute atomic E-state index is 0.131. The maximum absolute atomic E-state index is 13.8. The van der Waals surface area contributed by atoms with Crippen LogP contribution in [0.25, 0.3) is 0 Å². The van der Waals surface area contributed by atoms with E-state index in [9.17, 15) is 32.3 Å². The summed E-state index contributed by atoms with van der Waals surface area (Å²) in [6.45, 7) is 1.42. The topological polar surface area (TPSA) is 78.4 Å². The first-order valence-corrected chi connectivity index (χ1v) is 9.91. The Morgan fingerprint density at radius 2 is 1.85 bits per heavy atom. The molecule has 0 fully saturated rings. The molecule has 3 aromatic carbocycles. The zero-order valence-electron chi connectivity index (χ0n) is 17.3. The van der Waals surface area contributed by atoms with Gasteiger partial charge in [0.1, 0.15) is 5.82 Å². The number of amides is 2. The summed E-state index contributed by atoms with van der Waals surface area (Å²) in [5, 5.41) is 14.9. The fraction of sp³-hybridized carbons (Fsp3) is 0.167. The van der Waals surface area contributed by atoms with Crippen LogP contribution in [0.2, 0.25) is 0 Å². The largest absolute Gasteiger partial charge is 0.416 e. The number of aryl methyl sites for hydroxylation is 1. The lowest BCUT2D eigenvalue weighted by molar-refractivity contribution is -0.137. The van der Waals surface area contributed by atoms with Crippen molar-refractivity contribution >= 4 is 17.5 Å². The van der Waals surface area contributed by atoms with Crippen molar-refractivity contribution in [1.82, 2.24) is 5.32 Å². The molecule has 0 saturated carbocycles. The lowest BCUT2D eigenvalue weighted by atomic mass is 9.92. The van der Waals surface area contributed by atoms with Gasteiger partial charge >= 0.3 is 6.18 Å². The van der Waals surface area contributed by atoms with Gasteiger partial charge in [0.2, 0.25) is 0 Å². The van der Waals surface area contributed by atoms with Crippen LogP contribution in [0.1, 0.15) is 54.6 Å². The van der Waals surface area contributed by atoms with Gasteiger partial charge in [-0.25, -0.2) is 4.39 Å². The first kappa shape index (κ1) is 22.5. The van der Waals surface area contributed by atoms with E-state index in [-0.39, 0.29) is 11.3 Å². The van der Waals surface area contributed by atoms with Crippen LogP contribution in [0.4, 0.5) is 23.2 Å². The van der Waals surface area contributed by atoms with Crippen LogP contribution < -0.4 is 10.6 Å². The summed E-state index contributed by atoms with van der Waals surface area (Å²) in [4.78, 5) is 25.5. The summed E-state index contributed by atoms with van der Waals surface area (Å²) >= 11 is 0. The minimum atomic E-state index is -4.83. The third kappa shape index (κ3) is 4.31. The Balaban J connectivity index is 1.80. The maximum atomic E-state index is 13.8. The number of carbonyl (C=O) groups is 2. The summed E-state index contributed by atoms with van der Waals surface area (Å²) < 4.78 is 53.0. The fourth-order valence-electron chi connectivity index (χ4n) is 3.91. The summed E-state index contributed by atoms with van der Waals surface area (Å²) in [5.41, 5.74) is 0.895. The normalized spacial score (nSPS) is 15.2. The molecule has 0 aromatic heterocycles. The third-order valence-corrected chi connectivity index (χ3v) is 5.47. The van der Waals surface area contributed by atoms with Crippen molar-refractivity contribution in [3.05, 3.63) is 99.4 Å². The van der Waals surface area contributed by atoms with Gasteiger partial charge in [-0.05, 0) is 53.9 Å². The molecule has 0 bridgehead atoms. The highest BCUT2D eigenvalue weighted by molar-refractivity contribution is 6.08. The second-order valence-electron chi connectivity index (χ2n) is 7.71. The predicted molar refractivity (Wildman–Crippen MR) is 112 cm³/mol. The number of rotatable bonds is 4. The number of hydrogen-bond acceptors (Lipinski definition) is 3. The molecule has 0 spiro atoms. The Bertz CT molecular complexity index is 1270. The zero-order valence-corrected chi connectivity index (χ0v) is 17.3. The number of carbonyl (C=O) groups excluding carboxylic acids is 2. The Morgan fingerprint density at radius 1 is 1.12 bits per heavy atom. The molecule has 1 aliphatic heterocycles. The molecule has 5 nitrogen and oxygen atoms in total. The highest BCUT2D eigenvalue weighted by Crippen LogP contribution is 2.39. The number of aliphatic hydroxyl groups excluding tert-OH is 1. The van der Waals surface area contributed by atoms with Crippen molar-refractivity contribution in [3.8, 4) is 0 Å². The highest BCUT2D eigenvalue weighted by atomic mass is 19.4. The minimum Gasteiger partial charge on any atom is -0.392 e. The number of anilines is 1. The number of alkyl halides is 3. The first-order valence-electron chi connectivity index (χ1n) is 9.91.